The van der Waals surface area contributed by atoms with Gasteiger partial charge in [-0.05, 0) is 18.6 Å². The first-order chi connectivity index (χ1) is 7.81. The fourth-order valence-corrected chi connectivity index (χ4v) is 1.49. The number of nitrogen functional groups attached to an aromatic ring is 1. The lowest BCUT2D eigenvalue weighted by Crippen LogP contribution is -1.91. The summed E-state index contributed by atoms with van der Waals surface area (Å²) in [7, 11) is 0. The van der Waals surface area contributed by atoms with E-state index in [0.717, 1.165) is 24.8 Å². The summed E-state index contributed by atoms with van der Waals surface area (Å²) in [6.45, 7) is 2.13. The quantitative estimate of drug-likeness (QED) is 0.799. The third kappa shape index (κ3) is 2.21. The molecule has 4 nitrogen and oxygen atoms in total. The number of aromatic nitrogens is 2. The molecular formula is C12H15N3O. The SMILES string of the molecule is CCCCc1nc(-c2ccccc2N)no1. The zero-order valence-corrected chi connectivity index (χ0v) is 9.31. The molecule has 0 saturated carbocycles. The van der Waals surface area contributed by atoms with Crippen molar-refractivity contribution >= 4 is 5.69 Å². The monoisotopic (exact) mass is 217 g/mol. The third-order valence-electron chi connectivity index (χ3n) is 2.41. The van der Waals surface area contributed by atoms with E-state index in [1.165, 1.54) is 0 Å². The van der Waals surface area contributed by atoms with E-state index in [9.17, 15) is 0 Å². The molecule has 0 saturated heterocycles. The Labute approximate surface area is 94.5 Å². The lowest BCUT2D eigenvalue weighted by molar-refractivity contribution is 0.375. The minimum atomic E-state index is 0.573. The zero-order chi connectivity index (χ0) is 11.4. The maximum Gasteiger partial charge on any atom is 0.226 e. The standard InChI is InChI=1S/C12H15N3O/c1-2-3-8-11-14-12(15-16-11)9-6-4-5-7-10(9)13/h4-7H,2-3,8,13H2,1H3. The second-order valence-corrected chi connectivity index (χ2v) is 3.70. The Balaban J connectivity index is 2.22. The number of para-hydroxylation sites is 1. The molecule has 84 valence electrons. The molecule has 0 aliphatic heterocycles. The molecule has 1 aromatic heterocycles. The van der Waals surface area contributed by atoms with Crippen LogP contribution in [0.3, 0.4) is 0 Å². The Morgan fingerprint density at radius 2 is 2.12 bits per heavy atom. The molecule has 0 atom stereocenters. The van der Waals surface area contributed by atoms with Crippen LogP contribution in [0.25, 0.3) is 11.4 Å². The number of aryl methyl sites for hydroxylation is 1. The Kier molecular flexibility index (Phi) is 3.19. The highest BCUT2D eigenvalue weighted by Gasteiger charge is 2.09. The van der Waals surface area contributed by atoms with Crippen LogP contribution in [0, 0.1) is 0 Å². The fourth-order valence-electron chi connectivity index (χ4n) is 1.49. The van der Waals surface area contributed by atoms with Crippen molar-refractivity contribution in [3.63, 3.8) is 0 Å². The molecule has 0 aliphatic carbocycles. The van der Waals surface area contributed by atoms with Gasteiger partial charge in [0.05, 0.1) is 0 Å². The van der Waals surface area contributed by atoms with Gasteiger partial charge in [-0.25, -0.2) is 0 Å². The van der Waals surface area contributed by atoms with E-state index in [1.807, 2.05) is 24.3 Å². The number of nitrogens with two attached hydrogens (primary N) is 1. The van der Waals surface area contributed by atoms with E-state index in [-0.39, 0.29) is 0 Å². The van der Waals surface area contributed by atoms with E-state index < -0.39 is 0 Å². The highest BCUT2D eigenvalue weighted by molar-refractivity contribution is 5.70. The van der Waals surface area contributed by atoms with Gasteiger partial charge in [0.15, 0.2) is 0 Å². The predicted molar refractivity (Wildman–Crippen MR) is 62.8 cm³/mol. The second-order valence-electron chi connectivity index (χ2n) is 3.70. The smallest absolute Gasteiger partial charge is 0.226 e. The molecule has 1 aromatic carbocycles. The minimum absolute atomic E-state index is 0.573. The molecule has 0 amide bonds. The second kappa shape index (κ2) is 4.79. The largest absolute Gasteiger partial charge is 0.398 e. The van der Waals surface area contributed by atoms with Gasteiger partial charge in [0.2, 0.25) is 11.7 Å². The number of hydrogen-bond acceptors (Lipinski definition) is 4. The van der Waals surface area contributed by atoms with E-state index in [2.05, 4.69) is 17.1 Å². The van der Waals surface area contributed by atoms with Gasteiger partial charge in [-0.1, -0.05) is 30.6 Å². The molecule has 2 N–H and O–H groups in total. The van der Waals surface area contributed by atoms with E-state index in [0.29, 0.717) is 17.4 Å². The lowest BCUT2D eigenvalue weighted by atomic mass is 10.2. The van der Waals surface area contributed by atoms with Gasteiger partial charge in [0, 0.05) is 17.7 Å². The van der Waals surface area contributed by atoms with Crippen molar-refractivity contribution in [3.8, 4) is 11.4 Å². The lowest BCUT2D eigenvalue weighted by Gasteiger charge is -1.97. The van der Waals surface area contributed by atoms with Gasteiger partial charge < -0.3 is 10.3 Å². The normalized spacial score (nSPS) is 10.6. The summed E-state index contributed by atoms with van der Waals surface area (Å²) < 4.78 is 5.16. The number of anilines is 1. The van der Waals surface area contributed by atoms with Gasteiger partial charge in [-0.3, -0.25) is 0 Å². The van der Waals surface area contributed by atoms with Crippen molar-refractivity contribution in [2.24, 2.45) is 0 Å². The van der Waals surface area contributed by atoms with Crippen LogP contribution in [0.4, 0.5) is 5.69 Å². The first kappa shape index (κ1) is 10.7. The maximum atomic E-state index is 5.84. The highest BCUT2D eigenvalue weighted by atomic mass is 16.5. The van der Waals surface area contributed by atoms with Gasteiger partial charge in [0.1, 0.15) is 0 Å². The number of hydrogen-bond donors (Lipinski definition) is 1. The summed E-state index contributed by atoms with van der Waals surface area (Å²) in [6.07, 6.45) is 3.01. The van der Waals surface area contributed by atoms with Crippen molar-refractivity contribution < 1.29 is 4.52 Å². The predicted octanol–water partition coefficient (Wildman–Crippen LogP) is 2.66. The molecule has 0 fully saturated rings. The van der Waals surface area contributed by atoms with Gasteiger partial charge in [-0.15, -0.1) is 0 Å². The van der Waals surface area contributed by atoms with Crippen LogP contribution in [-0.4, -0.2) is 10.1 Å². The van der Waals surface area contributed by atoms with E-state index >= 15 is 0 Å². The Morgan fingerprint density at radius 1 is 1.31 bits per heavy atom. The van der Waals surface area contributed by atoms with Crippen molar-refractivity contribution in [2.75, 3.05) is 5.73 Å². The average molecular weight is 217 g/mol. The minimum Gasteiger partial charge on any atom is -0.398 e. The summed E-state index contributed by atoms with van der Waals surface area (Å²) in [5.74, 6) is 1.25. The van der Waals surface area contributed by atoms with Gasteiger partial charge in [-0.2, -0.15) is 4.98 Å². The molecule has 0 aliphatic rings. The van der Waals surface area contributed by atoms with Crippen molar-refractivity contribution in [1.29, 1.82) is 0 Å². The third-order valence-corrected chi connectivity index (χ3v) is 2.41. The Hall–Kier alpha value is -1.84. The number of unbranched alkanes of at least 4 members (excludes halogenated alkanes) is 1. The summed E-state index contributed by atoms with van der Waals surface area (Å²) in [5, 5.41) is 3.93. The van der Waals surface area contributed by atoms with Crippen LogP contribution in [0.5, 0.6) is 0 Å². The molecule has 0 spiro atoms. The molecular weight excluding hydrogens is 202 g/mol. The Morgan fingerprint density at radius 3 is 2.88 bits per heavy atom. The maximum absolute atomic E-state index is 5.84. The molecule has 1 heterocycles. The first-order valence-electron chi connectivity index (χ1n) is 5.48. The molecule has 4 heteroatoms. The molecule has 2 rings (SSSR count). The summed E-state index contributed by atoms with van der Waals surface area (Å²) in [6, 6.07) is 7.52. The fraction of sp³-hybridized carbons (Fsp3) is 0.333. The highest BCUT2D eigenvalue weighted by Crippen LogP contribution is 2.22. The van der Waals surface area contributed by atoms with Crippen LogP contribution in [-0.2, 0) is 6.42 Å². The van der Waals surface area contributed by atoms with Crippen LogP contribution < -0.4 is 5.73 Å². The van der Waals surface area contributed by atoms with Gasteiger partial charge in [0.25, 0.3) is 0 Å². The van der Waals surface area contributed by atoms with Crippen LogP contribution in [0.2, 0.25) is 0 Å². The van der Waals surface area contributed by atoms with Crippen molar-refractivity contribution in [1.82, 2.24) is 10.1 Å². The van der Waals surface area contributed by atoms with Crippen LogP contribution >= 0.6 is 0 Å². The van der Waals surface area contributed by atoms with Crippen LogP contribution in [0.15, 0.2) is 28.8 Å². The first-order valence-corrected chi connectivity index (χ1v) is 5.48. The molecule has 0 bridgehead atoms. The zero-order valence-electron chi connectivity index (χ0n) is 9.31. The molecule has 0 radical (unpaired) electrons. The topological polar surface area (TPSA) is 64.9 Å². The number of rotatable bonds is 4. The molecule has 0 unspecified atom stereocenters. The number of benzene rings is 1. The Bertz CT molecular complexity index is 465. The van der Waals surface area contributed by atoms with E-state index in [1.54, 1.807) is 0 Å². The van der Waals surface area contributed by atoms with Crippen LogP contribution in [0.1, 0.15) is 25.7 Å². The molecule has 2 aromatic rings. The summed E-state index contributed by atoms with van der Waals surface area (Å²) in [5.41, 5.74) is 7.34. The van der Waals surface area contributed by atoms with Crippen molar-refractivity contribution in [2.45, 2.75) is 26.2 Å². The average Bonchev–Trinajstić information content (AvgIpc) is 2.75. The summed E-state index contributed by atoms with van der Waals surface area (Å²) in [4.78, 5) is 4.32. The van der Waals surface area contributed by atoms with E-state index in [4.69, 9.17) is 10.3 Å². The summed E-state index contributed by atoms with van der Waals surface area (Å²) >= 11 is 0. The molecule has 16 heavy (non-hydrogen) atoms. The van der Waals surface area contributed by atoms with Crippen molar-refractivity contribution in [3.05, 3.63) is 30.2 Å². The number of nitrogens with zero attached hydrogens (tertiary/aromatic N) is 2. The van der Waals surface area contributed by atoms with Gasteiger partial charge >= 0.3 is 0 Å².